The normalized spacial score (nSPS) is 19.2. The van der Waals surface area contributed by atoms with Crippen LogP contribution in [0, 0.1) is 0 Å². The molecular formula is C23H23N3O6. The topological polar surface area (TPSA) is 114 Å². The van der Waals surface area contributed by atoms with Gasteiger partial charge in [-0.1, -0.05) is 18.2 Å². The molecule has 0 aliphatic carbocycles. The van der Waals surface area contributed by atoms with Gasteiger partial charge in [0, 0.05) is 5.69 Å². The van der Waals surface area contributed by atoms with E-state index in [1.807, 2.05) is 0 Å². The van der Waals surface area contributed by atoms with Crippen molar-refractivity contribution in [3.63, 3.8) is 0 Å². The molecule has 1 fully saturated rings. The highest BCUT2D eigenvalue weighted by Crippen LogP contribution is 2.33. The Morgan fingerprint density at radius 1 is 0.969 bits per heavy atom. The zero-order chi connectivity index (χ0) is 23.3. The number of nitrogens with zero attached hydrogens (tertiary/aromatic N) is 2. The molecule has 166 valence electrons. The van der Waals surface area contributed by atoms with Crippen LogP contribution in [0.5, 0.6) is 0 Å². The lowest BCUT2D eigenvalue weighted by molar-refractivity contribution is -0.147. The van der Waals surface area contributed by atoms with Gasteiger partial charge in [0.15, 0.2) is 11.3 Å². The number of hydrogen-bond donors (Lipinski definition) is 1. The maximum Gasteiger partial charge on any atom is 0.338 e. The Hall–Kier alpha value is -4.01. The van der Waals surface area contributed by atoms with E-state index < -0.39 is 29.2 Å². The van der Waals surface area contributed by atoms with Crippen LogP contribution in [0.4, 0.5) is 11.4 Å². The van der Waals surface area contributed by atoms with Crippen LogP contribution < -0.4 is 10.3 Å². The van der Waals surface area contributed by atoms with E-state index in [1.165, 1.54) is 19.1 Å². The van der Waals surface area contributed by atoms with Gasteiger partial charge in [-0.3, -0.25) is 19.9 Å². The number of benzene rings is 2. The van der Waals surface area contributed by atoms with E-state index in [2.05, 4.69) is 10.5 Å². The van der Waals surface area contributed by atoms with Gasteiger partial charge in [-0.05, 0) is 57.2 Å². The Bertz CT molecular complexity index is 1060. The maximum absolute atomic E-state index is 12.9. The SMILES string of the molecule is CCOC(=O)c1ccc(N/N=C2\C(=O)C(=O)N(c3ccccc3)C2(C)C(=O)OCC)cc1. The van der Waals surface area contributed by atoms with Crippen molar-refractivity contribution in [2.24, 2.45) is 5.10 Å². The average molecular weight is 437 g/mol. The highest BCUT2D eigenvalue weighted by atomic mass is 16.5. The molecule has 1 aliphatic rings. The third-order valence-corrected chi connectivity index (χ3v) is 4.90. The molecule has 3 rings (SSSR count). The monoisotopic (exact) mass is 437 g/mol. The second-order valence-corrected chi connectivity index (χ2v) is 6.97. The lowest BCUT2D eigenvalue weighted by Crippen LogP contribution is -2.55. The largest absolute Gasteiger partial charge is 0.464 e. The third kappa shape index (κ3) is 4.09. The minimum absolute atomic E-state index is 0.0649. The van der Waals surface area contributed by atoms with E-state index in [9.17, 15) is 19.2 Å². The third-order valence-electron chi connectivity index (χ3n) is 4.90. The van der Waals surface area contributed by atoms with Gasteiger partial charge in [-0.2, -0.15) is 5.10 Å². The summed E-state index contributed by atoms with van der Waals surface area (Å²) < 4.78 is 10.1. The smallest absolute Gasteiger partial charge is 0.338 e. The Labute approximate surface area is 185 Å². The zero-order valence-electron chi connectivity index (χ0n) is 18.0. The van der Waals surface area contributed by atoms with Crippen LogP contribution in [-0.2, 0) is 23.9 Å². The second-order valence-electron chi connectivity index (χ2n) is 6.97. The summed E-state index contributed by atoms with van der Waals surface area (Å²) in [6.45, 7) is 5.09. The van der Waals surface area contributed by atoms with Crippen molar-refractivity contribution in [3.05, 3.63) is 60.2 Å². The van der Waals surface area contributed by atoms with Crippen LogP contribution >= 0.6 is 0 Å². The molecule has 0 bridgehead atoms. The fraction of sp³-hybridized carbons (Fsp3) is 0.261. The van der Waals surface area contributed by atoms with Crippen molar-refractivity contribution in [2.75, 3.05) is 23.5 Å². The van der Waals surface area contributed by atoms with Crippen molar-refractivity contribution in [3.8, 4) is 0 Å². The first-order valence-electron chi connectivity index (χ1n) is 10.1. The van der Waals surface area contributed by atoms with Gasteiger partial charge in [0.2, 0.25) is 0 Å². The Morgan fingerprint density at radius 3 is 2.19 bits per heavy atom. The number of esters is 2. The fourth-order valence-electron chi connectivity index (χ4n) is 3.32. The second kappa shape index (κ2) is 9.42. The van der Waals surface area contributed by atoms with Crippen molar-refractivity contribution >= 4 is 40.7 Å². The molecule has 1 heterocycles. The molecule has 1 unspecified atom stereocenters. The van der Waals surface area contributed by atoms with Crippen molar-refractivity contribution in [2.45, 2.75) is 26.3 Å². The Balaban J connectivity index is 1.97. The van der Waals surface area contributed by atoms with Gasteiger partial charge < -0.3 is 9.47 Å². The number of para-hydroxylation sites is 1. The number of carbonyl (C=O) groups excluding carboxylic acids is 4. The molecule has 2 aromatic carbocycles. The van der Waals surface area contributed by atoms with Crippen LogP contribution in [0.25, 0.3) is 0 Å². The van der Waals surface area contributed by atoms with Gasteiger partial charge in [0.25, 0.3) is 5.78 Å². The fourth-order valence-corrected chi connectivity index (χ4v) is 3.32. The molecule has 1 saturated heterocycles. The average Bonchev–Trinajstić information content (AvgIpc) is 2.99. The number of Topliss-reactive ketones (excluding diaryl/α,β-unsaturated/α-hetero) is 1. The van der Waals surface area contributed by atoms with Gasteiger partial charge in [0.05, 0.1) is 24.5 Å². The van der Waals surface area contributed by atoms with Gasteiger partial charge in [-0.15, -0.1) is 0 Å². The number of rotatable bonds is 7. The summed E-state index contributed by atoms with van der Waals surface area (Å²) in [5.41, 5.74) is 1.79. The molecule has 9 nitrogen and oxygen atoms in total. The van der Waals surface area contributed by atoms with Crippen molar-refractivity contribution in [1.29, 1.82) is 0 Å². The van der Waals surface area contributed by atoms with Crippen LogP contribution in [0.15, 0.2) is 59.7 Å². The number of nitrogens with one attached hydrogen (secondary N) is 1. The molecule has 1 N–H and O–H groups in total. The zero-order valence-corrected chi connectivity index (χ0v) is 18.0. The van der Waals surface area contributed by atoms with Crippen molar-refractivity contribution < 1.29 is 28.7 Å². The lowest BCUT2D eigenvalue weighted by Gasteiger charge is -2.31. The molecule has 9 heteroatoms. The molecule has 1 amide bonds. The molecule has 32 heavy (non-hydrogen) atoms. The van der Waals surface area contributed by atoms with Crippen LogP contribution in [0.2, 0.25) is 0 Å². The first kappa shape index (κ1) is 22.7. The summed E-state index contributed by atoms with van der Waals surface area (Å²) in [6.07, 6.45) is 0. The highest BCUT2D eigenvalue weighted by molar-refractivity contribution is 6.75. The summed E-state index contributed by atoms with van der Waals surface area (Å²) in [7, 11) is 0. The van der Waals surface area contributed by atoms with Crippen LogP contribution in [-0.4, -0.2) is 48.1 Å². The predicted molar refractivity (Wildman–Crippen MR) is 117 cm³/mol. The standard InChI is InChI=1S/C23H23N3O6/c1-4-31-21(29)15-11-13-16(14-12-15)24-25-19-18(27)20(28)26(17-9-7-6-8-10-17)23(19,3)22(30)32-5-2/h6-14,24H,4-5H2,1-3H3/b25-19+. The number of ketones is 1. The number of hydrogen-bond acceptors (Lipinski definition) is 8. The summed E-state index contributed by atoms with van der Waals surface area (Å²) in [4.78, 5) is 51.5. The molecule has 1 atom stereocenters. The van der Waals surface area contributed by atoms with Gasteiger partial charge >= 0.3 is 17.8 Å². The molecule has 0 saturated carbocycles. The summed E-state index contributed by atoms with van der Waals surface area (Å²) >= 11 is 0. The Kier molecular flexibility index (Phi) is 6.67. The van der Waals surface area contributed by atoms with E-state index >= 15 is 0 Å². The predicted octanol–water partition coefficient (Wildman–Crippen LogP) is 2.57. The van der Waals surface area contributed by atoms with E-state index in [1.54, 1.807) is 56.3 Å². The quantitative estimate of drug-likeness (QED) is 0.402. The molecule has 1 aliphatic heterocycles. The van der Waals surface area contributed by atoms with Gasteiger partial charge in [-0.25, -0.2) is 9.59 Å². The van der Waals surface area contributed by atoms with E-state index in [-0.39, 0.29) is 18.9 Å². The Morgan fingerprint density at radius 2 is 1.59 bits per heavy atom. The minimum Gasteiger partial charge on any atom is -0.464 e. The molecule has 0 aromatic heterocycles. The van der Waals surface area contributed by atoms with E-state index in [4.69, 9.17) is 9.47 Å². The first-order chi connectivity index (χ1) is 15.3. The first-order valence-corrected chi connectivity index (χ1v) is 10.1. The maximum atomic E-state index is 12.9. The van der Waals surface area contributed by atoms with E-state index in [0.717, 1.165) is 4.90 Å². The van der Waals surface area contributed by atoms with E-state index in [0.29, 0.717) is 16.9 Å². The molecule has 2 aromatic rings. The van der Waals surface area contributed by atoms with Crippen molar-refractivity contribution in [1.82, 2.24) is 0 Å². The minimum atomic E-state index is -1.76. The number of carbonyl (C=O) groups is 4. The summed E-state index contributed by atoms with van der Waals surface area (Å²) in [6, 6.07) is 14.6. The highest BCUT2D eigenvalue weighted by Gasteiger charge is 2.60. The molecule has 0 spiro atoms. The molecular weight excluding hydrogens is 414 g/mol. The summed E-state index contributed by atoms with van der Waals surface area (Å²) in [5.74, 6) is -3.04. The number of hydrazone groups is 1. The van der Waals surface area contributed by atoms with Crippen LogP contribution in [0.1, 0.15) is 31.1 Å². The number of ether oxygens (including phenoxy) is 2. The number of amides is 1. The number of anilines is 2. The molecule has 0 radical (unpaired) electrons. The lowest BCUT2D eigenvalue weighted by atomic mass is 9.95. The van der Waals surface area contributed by atoms with Gasteiger partial charge in [0.1, 0.15) is 0 Å². The van der Waals surface area contributed by atoms with Crippen LogP contribution in [0.3, 0.4) is 0 Å². The summed E-state index contributed by atoms with van der Waals surface area (Å²) in [5, 5.41) is 4.11.